The second kappa shape index (κ2) is 6.54. The molecule has 2 aromatic rings. The van der Waals surface area contributed by atoms with Gasteiger partial charge in [0.05, 0.1) is 0 Å². The van der Waals surface area contributed by atoms with Gasteiger partial charge in [0.2, 0.25) is 0 Å². The maximum Gasteiger partial charge on any atom is 0.348 e. The molecule has 120 valence electrons. The quantitative estimate of drug-likeness (QED) is 0.871. The van der Waals surface area contributed by atoms with Crippen LogP contribution in [-0.4, -0.2) is 18.5 Å². The number of thiophene rings is 1. The number of hydrogen-bond acceptors (Lipinski definition) is 4. The Kier molecular flexibility index (Phi) is 4.48. The van der Waals surface area contributed by atoms with Crippen molar-refractivity contribution in [3.8, 4) is 0 Å². The fourth-order valence-corrected chi connectivity index (χ4v) is 3.92. The first-order valence-electron chi connectivity index (χ1n) is 7.69. The van der Waals surface area contributed by atoms with Gasteiger partial charge in [-0.1, -0.05) is 17.7 Å². The standard InChI is InChI=1S/C18H19NO3S/c1-11-6-7-14(12(2)8-11)19-17(20)10-22-18(21)16-9-13-4-3-5-15(13)23-16/h6-9H,3-5,10H2,1-2H3,(H,19,20). The summed E-state index contributed by atoms with van der Waals surface area (Å²) in [6, 6.07) is 7.68. The van der Waals surface area contributed by atoms with E-state index in [9.17, 15) is 9.59 Å². The summed E-state index contributed by atoms with van der Waals surface area (Å²) in [5, 5.41) is 2.77. The first kappa shape index (κ1) is 15.7. The smallest absolute Gasteiger partial charge is 0.348 e. The lowest BCUT2D eigenvalue weighted by atomic mass is 10.1. The highest BCUT2D eigenvalue weighted by molar-refractivity contribution is 7.14. The van der Waals surface area contributed by atoms with E-state index in [-0.39, 0.29) is 12.5 Å². The molecule has 1 aliphatic carbocycles. The van der Waals surface area contributed by atoms with Crippen molar-refractivity contribution >= 4 is 28.9 Å². The van der Waals surface area contributed by atoms with Crippen LogP contribution in [0.4, 0.5) is 5.69 Å². The third-order valence-electron chi connectivity index (χ3n) is 3.94. The third kappa shape index (κ3) is 3.62. The number of aryl methyl sites for hydroxylation is 4. The Morgan fingerprint density at radius 3 is 2.78 bits per heavy atom. The van der Waals surface area contributed by atoms with Gasteiger partial charge in [-0.3, -0.25) is 4.79 Å². The number of anilines is 1. The Morgan fingerprint density at radius 2 is 2.04 bits per heavy atom. The summed E-state index contributed by atoms with van der Waals surface area (Å²) in [5.41, 5.74) is 4.12. The largest absolute Gasteiger partial charge is 0.451 e. The molecular weight excluding hydrogens is 310 g/mol. The fourth-order valence-electron chi connectivity index (χ4n) is 2.77. The number of nitrogens with one attached hydrogen (secondary N) is 1. The average molecular weight is 329 g/mol. The summed E-state index contributed by atoms with van der Waals surface area (Å²) in [5.74, 6) is -0.741. The zero-order valence-electron chi connectivity index (χ0n) is 13.3. The molecule has 1 amide bonds. The first-order valence-corrected chi connectivity index (χ1v) is 8.50. The lowest BCUT2D eigenvalue weighted by molar-refractivity contribution is -0.119. The molecule has 0 bridgehead atoms. The van der Waals surface area contributed by atoms with Crippen LogP contribution < -0.4 is 5.32 Å². The van der Waals surface area contributed by atoms with Crippen LogP contribution in [0.3, 0.4) is 0 Å². The van der Waals surface area contributed by atoms with E-state index in [1.165, 1.54) is 21.8 Å². The van der Waals surface area contributed by atoms with Gasteiger partial charge >= 0.3 is 5.97 Å². The van der Waals surface area contributed by atoms with Crippen LogP contribution in [0.25, 0.3) is 0 Å². The lowest BCUT2D eigenvalue weighted by Gasteiger charge is -2.09. The molecule has 23 heavy (non-hydrogen) atoms. The molecule has 1 N–H and O–H groups in total. The predicted octanol–water partition coefficient (Wildman–Crippen LogP) is 3.65. The van der Waals surface area contributed by atoms with E-state index < -0.39 is 5.97 Å². The summed E-state index contributed by atoms with van der Waals surface area (Å²) < 4.78 is 5.12. The van der Waals surface area contributed by atoms with Gasteiger partial charge in [0.1, 0.15) is 4.88 Å². The Hall–Kier alpha value is -2.14. The zero-order valence-corrected chi connectivity index (χ0v) is 14.1. The van der Waals surface area contributed by atoms with Crippen molar-refractivity contribution in [2.24, 2.45) is 0 Å². The van der Waals surface area contributed by atoms with Crippen LogP contribution in [0.15, 0.2) is 24.3 Å². The molecule has 4 nitrogen and oxygen atoms in total. The van der Waals surface area contributed by atoms with E-state index in [1.807, 2.05) is 38.1 Å². The van der Waals surface area contributed by atoms with Crippen molar-refractivity contribution in [2.75, 3.05) is 11.9 Å². The Bertz CT molecular complexity index is 742. The molecule has 0 saturated carbocycles. The minimum Gasteiger partial charge on any atom is -0.451 e. The molecule has 0 fully saturated rings. The number of rotatable bonds is 4. The molecule has 0 radical (unpaired) electrons. The number of esters is 1. The van der Waals surface area contributed by atoms with Gasteiger partial charge in [0.25, 0.3) is 5.91 Å². The van der Waals surface area contributed by atoms with E-state index in [4.69, 9.17) is 4.74 Å². The molecule has 1 aromatic carbocycles. The summed E-state index contributed by atoms with van der Waals surface area (Å²) in [7, 11) is 0. The molecule has 0 saturated heterocycles. The topological polar surface area (TPSA) is 55.4 Å². The maximum atomic E-state index is 12.0. The Labute approximate surface area is 139 Å². The van der Waals surface area contributed by atoms with Gasteiger partial charge in [0.15, 0.2) is 6.61 Å². The average Bonchev–Trinajstić information content (AvgIpc) is 3.09. The first-order chi connectivity index (χ1) is 11.0. The van der Waals surface area contributed by atoms with Gasteiger partial charge in [-0.25, -0.2) is 4.79 Å². The van der Waals surface area contributed by atoms with E-state index in [1.54, 1.807) is 0 Å². The van der Waals surface area contributed by atoms with E-state index in [0.29, 0.717) is 4.88 Å². The number of benzene rings is 1. The molecule has 0 unspecified atom stereocenters. The normalized spacial score (nSPS) is 12.8. The summed E-state index contributed by atoms with van der Waals surface area (Å²) in [6.07, 6.45) is 3.24. The second-order valence-corrected chi connectivity index (χ2v) is 6.99. The number of amides is 1. The third-order valence-corrected chi connectivity index (χ3v) is 5.16. The summed E-state index contributed by atoms with van der Waals surface area (Å²) in [4.78, 5) is 25.8. The van der Waals surface area contributed by atoms with E-state index in [2.05, 4.69) is 5.32 Å². The molecule has 5 heteroatoms. The molecule has 0 atom stereocenters. The number of ether oxygens (including phenoxy) is 1. The number of hydrogen-bond donors (Lipinski definition) is 1. The molecule has 0 aliphatic heterocycles. The van der Waals surface area contributed by atoms with Gasteiger partial charge in [0, 0.05) is 10.6 Å². The van der Waals surface area contributed by atoms with E-state index >= 15 is 0 Å². The SMILES string of the molecule is Cc1ccc(NC(=O)COC(=O)c2cc3c(s2)CCC3)c(C)c1. The molecule has 1 aliphatic rings. The Morgan fingerprint density at radius 1 is 1.22 bits per heavy atom. The molecular formula is C18H19NO3S. The maximum absolute atomic E-state index is 12.0. The minimum atomic E-state index is -0.417. The molecule has 0 spiro atoms. The monoisotopic (exact) mass is 329 g/mol. The van der Waals surface area contributed by atoms with Crippen LogP contribution in [0.5, 0.6) is 0 Å². The number of carbonyl (C=O) groups is 2. The van der Waals surface area contributed by atoms with Crippen LogP contribution >= 0.6 is 11.3 Å². The predicted molar refractivity (Wildman–Crippen MR) is 91.2 cm³/mol. The van der Waals surface area contributed by atoms with Crippen molar-refractivity contribution in [3.05, 3.63) is 50.7 Å². The van der Waals surface area contributed by atoms with Crippen molar-refractivity contribution in [2.45, 2.75) is 33.1 Å². The zero-order chi connectivity index (χ0) is 16.4. The van der Waals surface area contributed by atoms with Gasteiger partial charge in [-0.2, -0.15) is 0 Å². The van der Waals surface area contributed by atoms with Gasteiger partial charge in [-0.15, -0.1) is 11.3 Å². The van der Waals surface area contributed by atoms with Crippen molar-refractivity contribution in [1.29, 1.82) is 0 Å². The van der Waals surface area contributed by atoms with Crippen LogP contribution in [0, 0.1) is 13.8 Å². The van der Waals surface area contributed by atoms with E-state index in [0.717, 1.165) is 36.1 Å². The minimum absolute atomic E-state index is 0.269. The fraction of sp³-hybridized carbons (Fsp3) is 0.333. The van der Waals surface area contributed by atoms with Gasteiger partial charge in [-0.05, 0) is 56.4 Å². The number of carbonyl (C=O) groups excluding carboxylic acids is 2. The number of fused-ring (bicyclic) bond motifs is 1. The Balaban J connectivity index is 1.54. The van der Waals surface area contributed by atoms with Gasteiger partial charge < -0.3 is 10.1 Å². The van der Waals surface area contributed by atoms with Crippen molar-refractivity contribution in [1.82, 2.24) is 0 Å². The van der Waals surface area contributed by atoms with Crippen molar-refractivity contribution in [3.63, 3.8) is 0 Å². The summed E-state index contributed by atoms with van der Waals surface area (Å²) >= 11 is 1.48. The summed E-state index contributed by atoms with van der Waals surface area (Å²) in [6.45, 7) is 3.66. The second-order valence-electron chi connectivity index (χ2n) is 5.86. The molecule has 1 aromatic heterocycles. The lowest BCUT2D eigenvalue weighted by Crippen LogP contribution is -2.21. The highest BCUT2D eigenvalue weighted by Crippen LogP contribution is 2.30. The van der Waals surface area contributed by atoms with Crippen molar-refractivity contribution < 1.29 is 14.3 Å². The molecule has 1 heterocycles. The highest BCUT2D eigenvalue weighted by atomic mass is 32.1. The molecule has 3 rings (SSSR count). The highest BCUT2D eigenvalue weighted by Gasteiger charge is 2.20. The van der Waals surface area contributed by atoms with Crippen LogP contribution in [0.1, 0.15) is 37.7 Å². The van der Waals surface area contributed by atoms with Crippen LogP contribution in [0.2, 0.25) is 0 Å². The van der Waals surface area contributed by atoms with Crippen LogP contribution in [-0.2, 0) is 22.4 Å².